The van der Waals surface area contributed by atoms with Crippen LogP contribution < -0.4 is 20.7 Å². The molecule has 2 aromatic carbocycles. The van der Waals surface area contributed by atoms with Crippen LogP contribution in [0.2, 0.25) is 0 Å². The molecular weight excluding hydrogens is 330 g/mol. The van der Waals surface area contributed by atoms with Gasteiger partial charge < -0.3 is 20.7 Å². The van der Waals surface area contributed by atoms with Gasteiger partial charge in [0.1, 0.15) is 11.8 Å². The van der Waals surface area contributed by atoms with Gasteiger partial charge in [-0.3, -0.25) is 9.59 Å². The fourth-order valence-electron chi connectivity index (χ4n) is 2.72. The van der Waals surface area contributed by atoms with Crippen molar-refractivity contribution in [3.05, 3.63) is 54.1 Å². The summed E-state index contributed by atoms with van der Waals surface area (Å²) in [6.45, 7) is 1.45. The van der Waals surface area contributed by atoms with E-state index in [0.29, 0.717) is 17.1 Å². The molecule has 0 saturated heterocycles. The Kier molecular flexibility index (Phi) is 5.41. The van der Waals surface area contributed by atoms with Gasteiger partial charge >= 0.3 is 0 Å². The van der Waals surface area contributed by atoms with E-state index in [1.165, 1.54) is 6.92 Å². The molecule has 3 rings (SSSR count). The van der Waals surface area contributed by atoms with Crippen molar-refractivity contribution in [2.75, 3.05) is 17.7 Å². The maximum absolute atomic E-state index is 12.8. The maximum Gasteiger partial charge on any atom is 0.247 e. The minimum Gasteiger partial charge on any atom is -0.495 e. The highest BCUT2D eigenvalue weighted by molar-refractivity contribution is 5.91. The molecule has 1 aliphatic carbocycles. The molecule has 6 nitrogen and oxygen atoms in total. The molecule has 1 atom stereocenters. The van der Waals surface area contributed by atoms with Crippen LogP contribution in [-0.2, 0) is 9.59 Å². The number of hydrogen-bond acceptors (Lipinski definition) is 4. The Morgan fingerprint density at radius 2 is 1.85 bits per heavy atom. The van der Waals surface area contributed by atoms with Gasteiger partial charge in [-0.15, -0.1) is 0 Å². The summed E-state index contributed by atoms with van der Waals surface area (Å²) in [6.07, 6.45) is 2.04. The van der Waals surface area contributed by atoms with E-state index in [1.54, 1.807) is 25.3 Å². The SMILES string of the molecule is COc1ccc(NC(C)=O)cc1N[C@@H](C(=O)NC1CC1)c1ccccc1. The Balaban J connectivity index is 1.89. The van der Waals surface area contributed by atoms with Crippen LogP contribution in [-0.4, -0.2) is 25.0 Å². The van der Waals surface area contributed by atoms with Crippen molar-refractivity contribution < 1.29 is 14.3 Å². The third-order valence-electron chi connectivity index (χ3n) is 4.14. The lowest BCUT2D eigenvalue weighted by Crippen LogP contribution is -2.34. The number of carbonyl (C=O) groups is 2. The van der Waals surface area contributed by atoms with Crippen molar-refractivity contribution in [1.29, 1.82) is 0 Å². The van der Waals surface area contributed by atoms with Crippen LogP contribution in [0.15, 0.2) is 48.5 Å². The van der Waals surface area contributed by atoms with E-state index in [-0.39, 0.29) is 17.9 Å². The average Bonchev–Trinajstić information content (AvgIpc) is 3.44. The fourth-order valence-corrected chi connectivity index (χ4v) is 2.72. The van der Waals surface area contributed by atoms with E-state index in [4.69, 9.17) is 4.74 Å². The molecule has 2 amide bonds. The van der Waals surface area contributed by atoms with Gasteiger partial charge in [-0.2, -0.15) is 0 Å². The first-order chi connectivity index (χ1) is 12.6. The number of hydrogen-bond donors (Lipinski definition) is 3. The van der Waals surface area contributed by atoms with Gasteiger partial charge in [0.05, 0.1) is 12.8 Å². The molecule has 0 aromatic heterocycles. The summed E-state index contributed by atoms with van der Waals surface area (Å²) in [5.41, 5.74) is 2.13. The van der Waals surface area contributed by atoms with Gasteiger partial charge in [-0.25, -0.2) is 0 Å². The van der Waals surface area contributed by atoms with Crippen molar-refractivity contribution >= 4 is 23.2 Å². The number of rotatable bonds is 7. The van der Waals surface area contributed by atoms with Crippen molar-refractivity contribution in [3.8, 4) is 5.75 Å². The lowest BCUT2D eigenvalue weighted by atomic mass is 10.1. The van der Waals surface area contributed by atoms with Crippen LogP contribution in [0.3, 0.4) is 0 Å². The summed E-state index contributed by atoms with van der Waals surface area (Å²) in [4.78, 5) is 24.1. The molecule has 0 aliphatic heterocycles. The van der Waals surface area contributed by atoms with Crippen LogP contribution in [0.5, 0.6) is 5.75 Å². The van der Waals surface area contributed by atoms with Crippen LogP contribution in [0.25, 0.3) is 0 Å². The molecule has 0 spiro atoms. The zero-order chi connectivity index (χ0) is 18.5. The predicted octanol–water partition coefficient (Wildman–Crippen LogP) is 3.09. The molecule has 136 valence electrons. The monoisotopic (exact) mass is 353 g/mol. The zero-order valence-corrected chi connectivity index (χ0v) is 14.9. The van der Waals surface area contributed by atoms with Crippen molar-refractivity contribution in [1.82, 2.24) is 5.32 Å². The molecule has 3 N–H and O–H groups in total. The fraction of sp³-hybridized carbons (Fsp3) is 0.300. The molecule has 26 heavy (non-hydrogen) atoms. The second kappa shape index (κ2) is 7.91. The molecule has 1 fully saturated rings. The van der Waals surface area contributed by atoms with Gasteiger partial charge in [0.2, 0.25) is 11.8 Å². The second-order valence-corrected chi connectivity index (χ2v) is 6.37. The van der Waals surface area contributed by atoms with E-state index >= 15 is 0 Å². The Morgan fingerprint density at radius 1 is 1.12 bits per heavy atom. The average molecular weight is 353 g/mol. The summed E-state index contributed by atoms with van der Waals surface area (Å²) in [7, 11) is 1.57. The smallest absolute Gasteiger partial charge is 0.247 e. The summed E-state index contributed by atoms with van der Waals surface area (Å²) in [5, 5.41) is 9.06. The Bertz CT molecular complexity index is 788. The van der Waals surface area contributed by atoms with E-state index in [9.17, 15) is 9.59 Å². The normalized spacial score (nSPS) is 14.2. The molecule has 0 unspecified atom stereocenters. The molecule has 2 aromatic rings. The maximum atomic E-state index is 12.8. The number of amides is 2. The van der Waals surface area contributed by atoms with Gasteiger partial charge in [-0.1, -0.05) is 30.3 Å². The lowest BCUT2D eigenvalue weighted by molar-refractivity contribution is -0.122. The van der Waals surface area contributed by atoms with E-state index < -0.39 is 6.04 Å². The number of carbonyl (C=O) groups excluding carboxylic acids is 2. The van der Waals surface area contributed by atoms with E-state index in [0.717, 1.165) is 18.4 Å². The van der Waals surface area contributed by atoms with Crippen molar-refractivity contribution in [3.63, 3.8) is 0 Å². The molecule has 1 aliphatic rings. The zero-order valence-electron chi connectivity index (χ0n) is 14.9. The first-order valence-electron chi connectivity index (χ1n) is 8.64. The standard InChI is InChI=1S/C20H23N3O3/c1-13(24)21-16-10-11-18(26-2)17(12-16)23-19(14-6-4-3-5-7-14)20(25)22-15-8-9-15/h3-7,10-12,15,19,23H,8-9H2,1-2H3,(H,21,24)(H,22,25)/t19-/m1/s1. The van der Waals surface area contributed by atoms with Gasteiger partial charge in [0, 0.05) is 18.7 Å². The summed E-state index contributed by atoms with van der Waals surface area (Å²) < 4.78 is 5.41. The number of nitrogens with one attached hydrogen (secondary N) is 3. The minimum absolute atomic E-state index is 0.0781. The predicted molar refractivity (Wildman–Crippen MR) is 101 cm³/mol. The largest absolute Gasteiger partial charge is 0.495 e. The number of methoxy groups -OCH3 is 1. The molecule has 0 bridgehead atoms. The topological polar surface area (TPSA) is 79.5 Å². The van der Waals surface area contributed by atoms with Crippen LogP contribution in [0.4, 0.5) is 11.4 Å². The number of ether oxygens (including phenoxy) is 1. The minimum atomic E-state index is -0.557. The highest BCUT2D eigenvalue weighted by Gasteiger charge is 2.29. The van der Waals surface area contributed by atoms with Gasteiger partial charge in [0.15, 0.2) is 0 Å². The molecule has 0 heterocycles. The highest BCUT2D eigenvalue weighted by Crippen LogP contribution is 2.32. The highest BCUT2D eigenvalue weighted by atomic mass is 16.5. The van der Waals surface area contributed by atoms with Crippen molar-refractivity contribution in [2.45, 2.75) is 31.8 Å². The quantitative estimate of drug-likeness (QED) is 0.715. The third kappa shape index (κ3) is 4.53. The number of benzene rings is 2. The first kappa shape index (κ1) is 17.8. The van der Waals surface area contributed by atoms with E-state index in [2.05, 4.69) is 16.0 Å². The van der Waals surface area contributed by atoms with Crippen molar-refractivity contribution in [2.24, 2.45) is 0 Å². The first-order valence-corrected chi connectivity index (χ1v) is 8.64. The van der Waals surface area contributed by atoms with Gasteiger partial charge in [-0.05, 0) is 36.6 Å². The second-order valence-electron chi connectivity index (χ2n) is 6.37. The Morgan fingerprint density at radius 3 is 2.46 bits per heavy atom. The van der Waals surface area contributed by atoms with Crippen LogP contribution in [0.1, 0.15) is 31.4 Å². The summed E-state index contributed by atoms with van der Waals surface area (Å²) >= 11 is 0. The lowest BCUT2D eigenvalue weighted by Gasteiger charge is -2.22. The van der Waals surface area contributed by atoms with E-state index in [1.807, 2.05) is 30.3 Å². The third-order valence-corrected chi connectivity index (χ3v) is 4.14. The van der Waals surface area contributed by atoms with Crippen LogP contribution in [0, 0.1) is 0 Å². The summed E-state index contributed by atoms with van der Waals surface area (Å²) in [5.74, 6) is 0.358. The Labute approximate surface area is 152 Å². The van der Waals surface area contributed by atoms with Gasteiger partial charge in [0.25, 0.3) is 0 Å². The van der Waals surface area contributed by atoms with Crippen LogP contribution >= 0.6 is 0 Å². The molecule has 6 heteroatoms. The summed E-state index contributed by atoms with van der Waals surface area (Å²) in [6, 6.07) is 14.5. The molecule has 0 radical (unpaired) electrons. The Hall–Kier alpha value is -3.02. The molecular formula is C20H23N3O3. The molecule has 1 saturated carbocycles. The number of anilines is 2.